The van der Waals surface area contributed by atoms with E-state index in [0.29, 0.717) is 19.3 Å². The molecule has 1 unspecified atom stereocenters. The van der Waals surface area contributed by atoms with Crippen LogP contribution in [-0.4, -0.2) is 37.2 Å². The van der Waals surface area contributed by atoms with Gasteiger partial charge in [0.15, 0.2) is 6.10 Å². The number of hydrogen-bond donors (Lipinski definition) is 0. The molecule has 6 heteroatoms. The predicted octanol–water partition coefficient (Wildman–Crippen LogP) is 16.3. The van der Waals surface area contributed by atoms with Crippen molar-refractivity contribution >= 4 is 17.9 Å². The quantitative estimate of drug-likeness (QED) is 0.0200. The lowest BCUT2D eigenvalue weighted by Gasteiger charge is -2.18. The van der Waals surface area contributed by atoms with Gasteiger partial charge in [0.05, 0.1) is 0 Å². The largest absolute Gasteiger partial charge is 0.462 e. The lowest BCUT2D eigenvalue weighted by Crippen LogP contribution is -2.30. The van der Waals surface area contributed by atoms with Crippen molar-refractivity contribution in [2.45, 2.75) is 194 Å². The Morgan fingerprint density at radius 3 is 1.11 bits per heavy atom. The molecule has 0 fully saturated rings. The highest BCUT2D eigenvalue weighted by atomic mass is 16.6. The van der Waals surface area contributed by atoms with Crippen LogP contribution in [0.4, 0.5) is 0 Å². The van der Waals surface area contributed by atoms with E-state index in [4.69, 9.17) is 14.2 Å². The van der Waals surface area contributed by atoms with Crippen LogP contribution in [0.25, 0.3) is 0 Å². The van der Waals surface area contributed by atoms with Crippen LogP contribution in [0.1, 0.15) is 188 Å². The zero-order chi connectivity index (χ0) is 45.8. The second-order valence-electron chi connectivity index (χ2n) is 15.8. The maximum absolute atomic E-state index is 12.8. The number of ether oxygens (including phenoxy) is 3. The van der Waals surface area contributed by atoms with Crippen LogP contribution in [0.5, 0.6) is 0 Å². The Morgan fingerprint density at radius 1 is 0.349 bits per heavy atom. The van der Waals surface area contributed by atoms with Crippen molar-refractivity contribution in [2.24, 2.45) is 0 Å². The molecule has 0 heterocycles. The van der Waals surface area contributed by atoms with Gasteiger partial charge >= 0.3 is 17.9 Å². The first-order valence-corrected chi connectivity index (χ1v) is 24.8. The summed E-state index contributed by atoms with van der Waals surface area (Å²) in [4.78, 5) is 37.9. The third-order valence-electron chi connectivity index (χ3n) is 9.84. The normalized spacial score (nSPS) is 13.3. The second kappa shape index (κ2) is 50.2. The number of rotatable bonds is 42. The molecule has 63 heavy (non-hydrogen) atoms. The van der Waals surface area contributed by atoms with Gasteiger partial charge in [-0.05, 0) is 89.9 Å². The summed E-state index contributed by atoms with van der Waals surface area (Å²) in [6.07, 6.45) is 70.0. The SMILES string of the molecule is CC\C=C/C=C\C=C/C=C\C=C/CCCCCC(=O)OC(COC(=O)CCCCC\C=C/C=C\C=C/C=C\CC)COC(=O)CCCCCCCCC/C=C\C/C=C\CCCCC. The van der Waals surface area contributed by atoms with Crippen LogP contribution >= 0.6 is 0 Å². The Morgan fingerprint density at radius 2 is 0.683 bits per heavy atom. The Labute approximate surface area is 385 Å². The molecule has 0 aromatic rings. The molecular weight excluding hydrogens is 781 g/mol. The van der Waals surface area contributed by atoms with Gasteiger partial charge in [-0.1, -0.05) is 212 Å². The van der Waals surface area contributed by atoms with Crippen molar-refractivity contribution in [3.63, 3.8) is 0 Å². The van der Waals surface area contributed by atoms with Crippen molar-refractivity contribution in [2.75, 3.05) is 13.2 Å². The summed E-state index contributed by atoms with van der Waals surface area (Å²) in [5, 5.41) is 0. The fraction of sp³-hybridized carbons (Fsp3) is 0.561. The molecule has 0 spiro atoms. The molecule has 0 saturated carbocycles. The molecule has 0 saturated heterocycles. The van der Waals surface area contributed by atoms with Crippen molar-refractivity contribution in [1.29, 1.82) is 0 Å². The summed E-state index contributed by atoms with van der Waals surface area (Å²) in [6, 6.07) is 0. The van der Waals surface area contributed by atoms with E-state index in [-0.39, 0.29) is 37.5 Å². The maximum Gasteiger partial charge on any atom is 0.306 e. The van der Waals surface area contributed by atoms with Crippen LogP contribution in [-0.2, 0) is 28.6 Å². The molecular formula is C57H88O6. The van der Waals surface area contributed by atoms with Crippen LogP contribution in [0.2, 0.25) is 0 Å². The predicted molar refractivity (Wildman–Crippen MR) is 269 cm³/mol. The van der Waals surface area contributed by atoms with Gasteiger partial charge in [-0.2, -0.15) is 0 Å². The number of esters is 3. The van der Waals surface area contributed by atoms with Gasteiger partial charge in [0.25, 0.3) is 0 Å². The van der Waals surface area contributed by atoms with E-state index in [1.54, 1.807) is 0 Å². The molecule has 0 aliphatic heterocycles. The highest BCUT2D eigenvalue weighted by molar-refractivity contribution is 5.71. The summed E-state index contributed by atoms with van der Waals surface area (Å²) in [5.41, 5.74) is 0. The standard InChI is InChI=1S/C57H88O6/c1-4-7-10-13-16-19-22-25-27-28-30-32-35-38-41-44-47-50-56(59)62-53-54(52-61-55(58)49-46-43-40-37-34-31-24-21-18-15-12-9-6-3)63-57(60)51-48-45-42-39-36-33-29-26-23-20-17-14-11-8-5-2/h8-9,11-12,14-21,23-27,29,31,33-34,36,54H,4-7,10,13,22,28,30,32,35,37-53H2,1-3H3/b11-8-,12-9-,17-14-,18-15-,19-16-,23-20-,24-21-,27-25-,29-26-,34-31-,36-33-. The smallest absolute Gasteiger partial charge is 0.306 e. The van der Waals surface area contributed by atoms with Gasteiger partial charge in [-0.3, -0.25) is 14.4 Å². The molecule has 1 atom stereocenters. The summed E-state index contributed by atoms with van der Waals surface area (Å²) < 4.78 is 16.7. The van der Waals surface area contributed by atoms with E-state index in [0.717, 1.165) is 89.9 Å². The Hall–Kier alpha value is -4.45. The van der Waals surface area contributed by atoms with Crippen LogP contribution in [0, 0.1) is 0 Å². The van der Waals surface area contributed by atoms with Crippen molar-refractivity contribution in [3.8, 4) is 0 Å². The zero-order valence-electron chi connectivity index (χ0n) is 40.0. The van der Waals surface area contributed by atoms with E-state index >= 15 is 0 Å². The molecule has 0 aromatic heterocycles. The first-order chi connectivity index (χ1) is 31.0. The van der Waals surface area contributed by atoms with E-state index in [1.165, 1.54) is 51.4 Å². The lowest BCUT2D eigenvalue weighted by atomic mass is 10.1. The molecule has 0 N–H and O–H groups in total. The number of carbonyl (C=O) groups excluding carboxylic acids is 3. The molecule has 0 rings (SSSR count). The lowest BCUT2D eigenvalue weighted by molar-refractivity contribution is -0.167. The van der Waals surface area contributed by atoms with Gasteiger partial charge < -0.3 is 14.2 Å². The second-order valence-corrected chi connectivity index (χ2v) is 15.8. The van der Waals surface area contributed by atoms with Gasteiger partial charge in [0.1, 0.15) is 13.2 Å². The van der Waals surface area contributed by atoms with Crippen molar-refractivity contribution < 1.29 is 28.6 Å². The molecule has 6 nitrogen and oxygen atoms in total. The molecule has 0 aliphatic rings. The monoisotopic (exact) mass is 869 g/mol. The van der Waals surface area contributed by atoms with Crippen LogP contribution < -0.4 is 0 Å². The summed E-state index contributed by atoms with van der Waals surface area (Å²) in [7, 11) is 0. The Bertz CT molecular complexity index is 1420. The Balaban J connectivity index is 4.56. The third kappa shape index (κ3) is 48.4. The van der Waals surface area contributed by atoms with Gasteiger partial charge in [0.2, 0.25) is 0 Å². The van der Waals surface area contributed by atoms with Gasteiger partial charge in [-0.25, -0.2) is 0 Å². The minimum atomic E-state index is -0.824. The molecule has 0 radical (unpaired) electrons. The number of unbranched alkanes of at least 4 members (excludes halogenated alkanes) is 16. The highest BCUT2D eigenvalue weighted by Crippen LogP contribution is 2.13. The number of allylic oxidation sites excluding steroid dienone is 22. The van der Waals surface area contributed by atoms with E-state index in [2.05, 4.69) is 69.4 Å². The average Bonchev–Trinajstić information content (AvgIpc) is 3.28. The molecule has 0 aromatic carbocycles. The van der Waals surface area contributed by atoms with Crippen molar-refractivity contribution in [3.05, 3.63) is 134 Å². The average molecular weight is 869 g/mol. The minimum absolute atomic E-state index is 0.118. The van der Waals surface area contributed by atoms with Gasteiger partial charge in [-0.15, -0.1) is 0 Å². The fourth-order valence-electron chi connectivity index (χ4n) is 6.15. The topological polar surface area (TPSA) is 78.9 Å². The molecule has 0 bridgehead atoms. The third-order valence-corrected chi connectivity index (χ3v) is 9.84. The zero-order valence-corrected chi connectivity index (χ0v) is 40.0. The first-order valence-electron chi connectivity index (χ1n) is 24.8. The molecule has 0 amide bonds. The minimum Gasteiger partial charge on any atom is -0.462 e. The van der Waals surface area contributed by atoms with E-state index in [9.17, 15) is 14.4 Å². The van der Waals surface area contributed by atoms with Gasteiger partial charge in [0, 0.05) is 19.3 Å². The maximum atomic E-state index is 12.8. The fourth-order valence-corrected chi connectivity index (χ4v) is 6.15. The van der Waals surface area contributed by atoms with Crippen molar-refractivity contribution in [1.82, 2.24) is 0 Å². The summed E-state index contributed by atoms with van der Waals surface area (Å²) in [5.74, 6) is -1.02. The Kier molecular flexibility index (Phi) is 46.7. The molecule has 352 valence electrons. The molecule has 0 aliphatic carbocycles. The summed E-state index contributed by atoms with van der Waals surface area (Å²) in [6.45, 7) is 6.22. The van der Waals surface area contributed by atoms with Crippen LogP contribution in [0.3, 0.4) is 0 Å². The summed E-state index contributed by atoms with van der Waals surface area (Å²) >= 11 is 0. The van der Waals surface area contributed by atoms with E-state index in [1.807, 2.05) is 85.1 Å². The number of carbonyl (C=O) groups is 3. The van der Waals surface area contributed by atoms with E-state index < -0.39 is 6.10 Å². The first kappa shape index (κ1) is 58.6. The highest BCUT2D eigenvalue weighted by Gasteiger charge is 2.19. The van der Waals surface area contributed by atoms with Crippen LogP contribution in [0.15, 0.2) is 134 Å². The number of hydrogen-bond acceptors (Lipinski definition) is 6.